The van der Waals surface area contributed by atoms with E-state index < -0.39 is 11.0 Å². The molecule has 6 nitrogen and oxygen atoms in total. The second kappa shape index (κ2) is 5.00. The molecule has 0 radical (unpaired) electrons. The molecule has 0 aromatic carbocycles. The Kier molecular flexibility index (Phi) is 3.81. The first-order chi connectivity index (χ1) is 9.24. The molecule has 0 bridgehead atoms. The topological polar surface area (TPSA) is 75.9 Å². The molecule has 1 saturated heterocycles. The van der Waals surface area contributed by atoms with Crippen LogP contribution in [-0.4, -0.2) is 66.5 Å². The maximum atomic E-state index is 12.7. The first kappa shape index (κ1) is 15.3. The fourth-order valence-electron chi connectivity index (χ4n) is 3.01. The molecule has 2 atom stereocenters. The highest BCUT2D eigenvalue weighted by atomic mass is 16.5. The Labute approximate surface area is 120 Å². The molecule has 6 heteroatoms. The summed E-state index contributed by atoms with van der Waals surface area (Å²) in [6.07, 6.45) is 0.525. The summed E-state index contributed by atoms with van der Waals surface area (Å²) >= 11 is 0. The highest BCUT2D eigenvalue weighted by Crippen LogP contribution is 2.50. The summed E-state index contributed by atoms with van der Waals surface area (Å²) in [7, 11) is 1.75. The number of nitrogens with two attached hydrogens (primary N) is 1. The molecule has 1 saturated carbocycles. The average molecular weight is 283 g/mol. The molecule has 2 N–H and O–H groups in total. The molecule has 0 aromatic heterocycles. The predicted molar refractivity (Wildman–Crippen MR) is 74.9 cm³/mol. The van der Waals surface area contributed by atoms with E-state index >= 15 is 0 Å². The molecule has 114 valence electrons. The summed E-state index contributed by atoms with van der Waals surface area (Å²) in [6.45, 7) is 7.73. The van der Waals surface area contributed by atoms with Gasteiger partial charge < -0.3 is 20.3 Å². The summed E-state index contributed by atoms with van der Waals surface area (Å²) in [5.41, 5.74) is 5.02. The van der Waals surface area contributed by atoms with E-state index in [0.29, 0.717) is 26.1 Å². The number of piperazine rings is 1. The molecule has 2 unspecified atom stereocenters. The molecule has 0 spiro atoms. The van der Waals surface area contributed by atoms with Gasteiger partial charge in [0.15, 0.2) is 0 Å². The predicted octanol–water partition coefficient (Wildman–Crippen LogP) is -0.180. The smallest absolute Gasteiger partial charge is 0.243 e. The number of amides is 2. The van der Waals surface area contributed by atoms with Gasteiger partial charge in [0.25, 0.3) is 0 Å². The Bertz CT molecular complexity index is 424. The van der Waals surface area contributed by atoms with Gasteiger partial charge in [0, 0.05) is 38.6 Å². The number of hydrogen-bond acceptors (Lipinski definition) is 4. The first-order valence-corrected chi connectivity index (χ1v) is 7.18. The summed E-state index contributed by atoms with van der Waals surface area (Å²) < 4.78 is 5.64. The van der Waals surface area contributed by atoms with Crippen LogP contribution in [0.3, 0.4) is 0 Å². The Hall–Kier alpha value is -1.14. The van der Waals surface area contributed by atoms with Crippen molar-refractivity contribution in [3.05, 3.63) is 0 Å². The van der Waals surface area contributed by atoms with Crippen molar-refractivity contribution in [2.24, 2.45) is 11.1 Å². The second-order valence-electron chi connectivity index (χ2n) is 6.38. The van der Waals surface area contributed by atoms with Crippen LogP contribution in [0.5, 0.6) is 0 Å². The van der Waals surface area contributed by atoms with Crippen LogP contribution >= 0.6 is 0 Å². The fourth-order valence-corrected chi connectivity index (χ4v) is 3.01. The zero-order valence-electron chi connectivity index (χ0n) is 12.8. The SMILES string of the molecule is CCOC1CC(N)(C(=O)N2CCN(C)C(=O)C2)C1(C)C. The number of nitrogens with zero attached hydrogens (tertiary/aromatic N) is 2. The van der Waals surface area contributed by atoms with E-state index in [-0.39, 0.29) is 24.5 Å². The maximum Gasteiger partial charge on any atom is 0.243 e. The van der Waals surface area contributed by atoms with Crippen LogP contribution in [0.25, 0.3) is 0 Å². The second-order valence-corrected chi connectivity index (χ2v) is 6.38. The van der Waals surface area contributed by atoms with Crippen molar-refractivity contribution >= 4 is 11.8 Å². The van der Waals surface area contributed by atoms with Crippen molar-refractivity contribution in [2.75, 3.05) is 33.3 Å². The molecule has 0 aromatic rings. The van der Waals surface area contributed by atoms with Crippen LogP contribution in [0, 0.1) is 5.41 Å². The van der Waals surface area contributed by atoms with Gasteiger partial charge in [-0.05, 0) is 6.92 Å². The van der Waals surface area contributed by atoms with Crippen molar-refractivity contribution in [1.29, 1.82) is 0 Å². The van der Waals surface area contributed by atoms with E-state index in [1.165, 1.54) is 0 Å². The Morgan fingerprint density at radius 3 is 2.60 bits per heavy atom. The molecule has 2 aliphatic rings. The highest BCUT2D eigenvalue weighted by Gasteiger charge is 2.63. The van der Waals surface area contributed by atoms with E-state index in [0.717, 1.165) is 0 Å². The van der Waals surface area contributed by atoms with E-state index in [2.05, 4.69) is 0 Å². The molecule has 1 aliphatic carbocycles. The lowest BCUT2D eigenvalue weighted by molar-refractivity contribution is -0.181. The van der Waals surface area contributed by atoms with Crippen molar-refractivity contribution in [2.45, 2.75) is 38.8 Å². The molecule has 1 aliphatic heterocycles. The van der Waals surface area contributed by atoms with Crippen LogP contribution in [-0.2, 0) is 14.3 Å². The first-order valence-electron chi connectivity index (χ1n) is 7.18. The third-order valence-corrected chi connectivity index (χ3v) is 4.96. The molecule has 20 heavy (non-hydrogen) atoms. The van der Waals surface area contributed by atoms with Gasteiger partial charge in [-0.1, -0.05) is 13.8 Å². The van der Waals surface area contributed by atoms with Crippen LogP contribution in [0.4, 0.5) is 0 Å². The monoisotopic (exact) mass is 283 g/mol. The zero-order chi connectivity index (χ0) is 15.1. The minimum absolute atomic E-state index is 0.00427. The standard InChI is InChI=1S/C14H25N3O3/c1-5-20-10-8-14(15,13(10,2)3)12(19)17-7-6-16(4)11(18)9-17/h10H,5-9,15H2,1-4H3. The summed E-state index contributed by atoms with van der Waals surface area (Å²) in [5.74, 6) is -0.161. The van der Waals surface area contributed by atoms with Gasteiger partial charge in [-0.3, -0.25) is 9.59 Å². The molecular formula is C14H25N3O3. The van der Waals surface area contributed by atoms with Gasteiger partial charge in [0.2, 0.25) is 11.8 Å². The van der Waals surface area contributed by atoms with Crippen molar-refractivity contribution < 1.29 is 14.3 Å². The average Bonchev–Trinajstić information content (AvgIpc) is 2.40. The molecule has 1 heterocycles. The number of ether oxygens (including phenoxy) is 1. The van der Waals surface area contributed by atoms with Crippen LogP contribution < -0.4 is 5.73 Å². The molecule has 2 amide bonds. The van der Waals surface area contributed by atoms with Crippen molar-refractivity contribution in [3.8, 4) is 0 Å². The van der Waals surface area contributed by atoms with Crippen LogP contribution in [0.1, 0.15) is 27.2 Å². The number of likely N-dealkylation sites (N-methyl/N-ethyl adjacent to an activating group) is 1. The molecular weight excluding hydrogens is 258 g/mol. The van der Waals surface area contributed by atoms with Gasteiger partial charge in [0.1, 0.15) is 5.54 Å². The number of carbonyl (C=O) groups excluding carboxylic acids is 2. The quantitative estimate of drug-likeness (QED) is 0.779. The Balaban J connectivity index is 2.08. The minimum Gasteiger partial charge on any atom is -0.378 e. The molecule has 2 fully saturated rings. The van der Waals surface area contributed by atoms with Gasteiger partial charge >= 0.3 is 0 Å². The lowest BCUT2D eigenvalue weighted by Crippen LogP contribution is -2.76. The van der Waals surface area contributed by atoms with Gasteiger partial charge in [-0.25, -0.2) is 0 Å². The normalized spacial score (nSPS) is 33.0. The largest absolute Gasteiger partial charge is 0.378 e. The van der Waals surface area contributed by atoms with E-state index in [9.17, 15) is 9.59 Å². The van der Waals surface area contributed by atoms with E-state index in [1.807, 2.05) is 20.8 Å². The van der Waals surface area contributed by atoms with Gasteiger partial charge in [0.05, 0.1) is 12.6 Å². The zero-order valence-corrected chi connectivity index (χ0v) is 12.8. The Morgan fingerprint density at radius 1 is 1.45 bits per heavy atom. The highest BCUT2D eigenvalue weighted by molar-refractivity contribution is 5.92. The molecule has 2 rings (SSSR count). The summed E-state index contributed by atoms with van der Waals surface area (Å²) in [4.78, 5) is 27.7. The minimum atomic E-state index is -0.928. The maximum absolute atomic E-state index is 12.7. The Morgan fingerprint density at radius 2 is 2.10 bits per heavy atom. The third-order valence-electron chi connectivity index (χ3n) is 4.96. The lowest BCUT2D eigenvalue weighted by atomic mass is 9.54. The van der Waals surface area contributed by atoms with Crippen LogP contribution in [0.15, 0.2) is 0 Å². The van der Waals surface area contributed by atoms with Gasteiger partial charge in [-0.2, -0.15) is 0 Å². The van der Waals surface area contributed by atoms with E-state index in [4.69, 9.17) is 10.5 Å². The summed E-state index contributed by atoms with van der Waals surface area (Å²) in [6, 6.07) is 0. The van der Waals surface area contributed by atoms with Gasteiger partial charge in [-0.15, -0.1) is 0 Å². The third kappa shape index (κ3) is 2.11. The van der Waals surface area contributed by atoms with E-state index in [1.54, 1.807) is 16.8 Å². The van der Waals surface area contributed by atoms with Crippen LogP contribution in [0.2, 0.25) is 0 Å². The number of rotatable bonds is 3. The van der Waals surface area contributed by atoms with Crippen molar-refractivity contribution in [1.82, 2.24) is 9.80 Å². The lowest BCUT2D eigenvalue weighted by Gasteiger charge is -2.58. The number of hydrogen-bond donors (Lipinski definition) is 1. The summed E-state index contributed by atoms with van der Waals surface area (Å²) in [5, 5.41) is 0. The fraction of sp³-hybridized carbons (Fsp3) is 0.857. The van der Waals surface area contributed by atoms with Crippen molar-refractivity contribution in [3.63, 3.8) is 0 Å². The number of carbonyl (C=O) groups is 2.